The third-order valence-electron chi connectivity index (χ3n) is 3.42. The highest BCUT2D eigenvalue weighted by molar-refractivity contribution is 7.91. The standard InChI is InChI=1S/C12H10O2S.C8H4Cl2O2/c13-15(14,11-7-3-1-4-8-11)12-9-5-2-6-10-12;9-7(11)5-2-1-3-6(4-5)8(10)12/h1-10H;1-4H. The largest absolute Gasteiger partial charge is 0.276 e. The van der Waals surface area contributed by atoms with Crippen molar-refractivity contribution in [1.29, 1.82) is 0 Å². The van der Waals surface area contributed by atoms with Crippen molar-refractivity contribution in [3.05, 3.63) is 96.1 Å². The number of hydrogen-bond donors (Lipinski definition) is 0. The van der Waals surface area contributed by atoms with Crippen molar-refractivity contribution in [2.45, 2.75) is 9.79 Å². The Balaban J connectivity index is 0.000000199. The number of hydrogen-bond acceptors (Lipinski definition) is 4. The third-order valence-corrected chi connectivity index (χ3v) is 5.65. The third kappa shape index (κ3) is 5.76. The molecule has 3 aromatic carbocycles. The van der Waals surface area contributed by atoms with Crippen molar-refractivity contribution < 1.29 is 18.0 Å². The smallest absolute Gasteiger partial charge is 0.252 e. The van der Waals surface area contributed by atoms with Crippen molar-refractivity contribution in [2.24, 2.45) is 0 Å². The maximum absolute atomic E-state index is 12.0. The average molecular weight is 421 g/mol. The van der Waals surface area contributed by atoms with Crippen LogP contribution in [0.3, 0.4) is 0 Å². The second-order valence-electron chi connectivity index (χ2n) is 5.26. The first-order valence-corrected chi connectivity index (χ1v) is 9.91. The van der Waals surface area contributed by atoms with E-state index in [1.807, 2.05) is 0 Å². The molecule has 0 heterocycles. The first kappa shape index (κ1) is 20.8. The Labute approximate surface area is 167 Å². The second-order valence-corrected chi connectivity index (χ2v) is 7.89. The molecular weight excluding hydrogens is 407 g/mol. The molecule has 7 heteroatoms. The van der Waals surface area contributed by atoms with Crippen LogP contribution in [0, 0.1) is 0 Å². The summed E-state index contributed by atoms with van der Waals surface area (Å²) in [4.78, 5) is 21.9. The summed E-state index contributed by atoms with van der Waals surface area (Å²) in [6.45, 7) is 0. The number of rotatable bonds is 4. The molecule has 0 unspecified atom stereocenters. The Morgan fingerprint density at radius 1 is 0.593 bits per heavy atom. The van der Waals surface area contributed by atoms with E-state index in [1.165, 1.54) is 18.2 Å². The van der Waals surface area contributed by atoms with Gasteiger partial charge in [0.1, 0.15) is 0 Å². The zero-order valence-corrected chi connectivity index (χ0v) is 16.2. The van der Waals surface area contributed by atoms with Crippen LogP contribution in [-0.2, 0) is 9.84 Å². The lowest BCUT2D eigenvalue weighted by molar-refractivity contribution is 0.108. The summed E-state index contributed by atoms with van der Waals surface area (Å²) in [5.74, 6) is 0. The van der Waals surface area contributed by atoms with Crippen molar-refractivity contribution in [3.8, 4) is 0 Å². The lowest BCUT2D eigenvalue weighted by Crippen LogP contribution is -2.00. The predicted molar refractivity (Wildman–Crippen MR) is 105 cm³/mol. The van der Waals surface area contributed by atoms with E-state index in [0.29, 0.717) is 9.79 Å². The van der Waals surface area contributed by atoms with Gasteiger partial charge >= 0.3 is 0 Å². The van der Waals surface area contributed by atoms with Gasteiger partial charge in [0.15, 0.2) is 0 Å². The van der Waals surface area contributed by atoms with E-state index in [2.05, 4.69) is 0 Å². The Morgan fingerprint density at radius 2 is 0.963 bits per heavy atom. The minimum Gasteiger partial charge on any atom is -0.276 e. The van der Waals surface area contributed by atoms with Crippen LogP contribution < -0.4 is 0 Å². The van der Waals surface area contributed by atoms with Crippen molar-refractivity contribution in [3.63, 3.8) is 0 Å². The fourth-order valence-corrected chi connectivity index (χ4v) is 3.64. The lowest BCUT2D eigenvalue weighted by atomic mass is 10.1. The summed E-state index contributed by atoms with van der Waals surface area (Å²) in [5, 5.41) is -1.20. The second kappa shape index (κ2) is 9.46. The molecule has 27 heavy (non-hydrogen) atoms. The molecule has 0 bridgehead atoms. The van der Waals surface area contributed by atoms with E-state index in [9.17, 15) is 18.0 Å². The molecule has 0 saturated heterocycles. The maximum Gasteiger partial charge on any atom is 0.252 e. The zero-order valence-electron chi connectivity index (χ0n) is 13.9. The summed E-state index contributed by atoms with van der Waals surface area (Å²) < 4.78 is 24.1. The molecule has 0 aliphatic heterocycles. The van der Waals surface area contributed by atoms with E-state index >= 15 is 0 Å². The fourth-order valence-electron chi connectivity index (χ4n) is 2.10. The number of carbonyl (C=O) groups is 2. The Bertz CT molecular complexity index is 959. The molecule has 0 amide bonds. The molecule has 0 spiro atoms. The molecule has 3 aromatic rings. The van der Waals surface area contributed by atoms with Crippen molar-refractivity contribution in [2.75, 3.05) is 0 Å². The van der Waals surface area contributed by atoms with Crippen LogP contribution in [0.2, 0.25) is 0 Å². The summed E-state index contributed by atoms with van der Waals surface area (Å²) in [6, 6.07) is 22.8. The van der Waals surface area contributed by atoms with E-state index in [1.54, 1.807) is 66.7 Å². The molecule has 0 N–H and O–H groups in total. The number of sulfone groups is 1. The SMILES string of the molecule is O=C(Cl)c1cccc(C(=O)Cl)c1.O=S(=O)(c1ccccc1)c1ccccc1. The van der Waals surface area contributed by atoms with E-state index < -0.39 is 20.3 Å². The van der Waals surface area contributed by atoms with Gasteiger partial charge in [0.2, 0.25) is 9.84 Å². The first-order valence-electron chi connectivity index (χ1n) is 7.67. The van der Waals surface area contributed by atoms with Crippen LogP contribution in [0.5, 0.6) is 0 Å². The van der Waals surface area contributed by atoms with Gasteiger partial charge in [-0.05, 0) is 53.5 Å². The highest BCUT2D eigenvalue weighted by Crippen LogP contribution is 2.19. The Hall–Kier alpha value is -2.47. The highest BCUT2D eigenvalue weighted by atomic mass is 35.5. The topological polar surface area (TPSA) is 68.3 Å². The number of halogens is 2. The summed E-state index contributed by atoms with van der Waals surface area (Å²) >= 11 is 10.4. The van der Waals surface area contributed by atoms with Crippen LogP contribution in [-0.4, -0.2) is 18.9 Å². The number of benzene rings is 3. The monoisotopic (exact) mass is 420 g/mol. The molecule has 0 saturated carbocycles. The molecule has 0 atom stereocenters. The van der Waals surface area contributed by atoms with Crippen LogP contribution >= 0.6 is 23.2 Å². The van der Waals surface area contributed by atoms with Gasteiger partial charge in [-0.3, -0.25) is 9.59 Å². The van der Waals surface area contributed by atoms with E-state index in [-0.39, 0.29) is 11.1 Å². The minimum absolute atomic E-state index is 0.267. The Kier molecular flexibility index (Phi) is 7.30. The summed E-state index contributed by atoms with van der Waals surface area (Å²) in [5.41, 5.74) is 0.534. The average Bonchev–Trinajstić information content (AvgIpc) is 2.70. The van der Waals surface area contributed by atoms with Crippen LogP contribution in [0.1, 0.15) is 20.7 Å². The summed E-state index contributed by atoms with van der Waals surface area (Å²) in [7, 11) is -3.34. The van der Waals surface area contributed by atoms with Crippen molar-refractivity contribution in [1.82, 2.24) is 0 Å². The van der Waals surface area contributed by atoms with Gasteiger partial charge in [-0.2, -0.15) is 0 Å². The molecular formula is C20H14Cl2O4S. The quantitative estimate of drug-likeness (QED) is 0.559. The molecule has 138 valence electrons. The molecule has 0 aromatic heterocycles. The van der Waals surface area contributed by atoms with Gasteiger partial charge in [0, 0.05) is 11.1 Å². The van der Waals surface area contributed by atoms with E-state index in [4.69, 9.17) is 23.2 Å². The van der Waals surface area contributed by atoms with Crippen molar-refractivity contribution >= 4 is 43.5 Å². The molecule has 3 rings (SSSR count). The van der Waals surface area contributed by atoms with Crippen LogP contribution in [0.25, 0.3) is 0 Å². The minimum atomic E-state index is -3.34. The predicted octanol–water partition coefficient (Wildman–Crippen LogP) is 4.96. The van der Waals surface area contributed by atoms with Crippen LogP contribution in [0.4, 0.5) is 0 Å². The van der Waals surface area contributed by atoms with Gasteiger partial charge in [-0.15, -0.1) is 0 Å². The first-order chi connectivity index (χ1) is 12.8. The molecule has 0 radical (unpaired) electrons. The van der Waals surface area contributed by atoms with E-state index in [0.717, 1.165) is 0 Å². The molecule has 4 nitrogen and oxygen atoms in total. The maximum atomic E-state index is 12.0. The zero-order chi connectivity index (χ0) is 19.9. The normalized spacial score (nSPS) is 10.4. The van der Waals surface area contributed by atoms with Gasteiger partial charge in [0.25, 0.3) is 10.5 Å². The summed E-state index contributed by atoms with van der Waals surface area (Å²) in [6.07, 6.45) is 0. The Morgan fingerprint density at radius 3 is 1.30 bits per heavy atom. The van der Waals surface area contributed by atoms with Gasteiger partial charge in [-0.25, -0.2) is 8.42 Å². The number of carbonyl (C=O) groups excluding carboxylic acids is 2. The van der Waals surface area contributed by atoms with Gasteiger partial charge in [0.05, 0.1) is 9.79 Å². The fraction of sp³-hybridized carbons (Fsp3) is 0. The van der Waals surface area contributed by atoms with Gasteiger partial charge in [-0.1, -0.05) is 54.6 Å². The highest BCUT2D eigenvalue weighted by Gasteiger charge is 2.15. The van der Waals surface area contributed by atoms with Crippen LogP contribution in [0.15, 0.2) is 94.7 Å². The van der Waals surface area contributed by atoms with Gasteiger partial charge < -0.3 is 0 Å². The molecule has 0 fully saturated rings. The lowest BCUT2D eigenvalue weighted by Gasteiger charge is -2.03. The molecule has 0 aliphatic carbocycles. The molecule has 0 aliphatic rings.